The predicted molar refractivity (Wildman–Crippen MR) is 64.1 cm³/mol. The molecule has 0 aliphatic rings. The maximum Gasteiger partial charge on any atom is 0.196 e. The number of benzene rings is 1. The second kappa shape index (κ2) is 4.61. The number of aromatic nitrogens is 1. The van der Waals surface area contributed by atoms with Gasteiger partial charge < -0.3 is 5.11 Å². The monoisotopic (exact) mass is 281 g/mol. The van der Waals surface area contributed by atoms with Gasteiger partial charge in [0.15, 0.2) is 5.08 Å². The first-order valence-electron chi connectivity index (χ1n) is 4.72. The number of rotatable bonds is 2. The predicted octanol–water partition coefficient (Wildman–Crippen LogP) is 3.82. The summed E-state index contributed by atoms with van der Waals surface area (Å²) >= 11 is 2.82. The van der Waals surface area contributed by atoms with Crippen molar-refractivity contribution in [3.05, 3.63) is 48.2 Å². The minimum Gasteiger partial charge on any atom is -0.507 e. The van der Waals surface area contributed by atoms with Crippen LogP contribution in [0.4, 0.5) is 4.39 Å². The first-order chi connectivity index (χ1) is 7.68. The molecule has 1 unspecified atom stereocenters. The van der Waals surface area contributed by atoms with Crippen molar-refractivity contribution in [2.75, 3.05) is 0 Å². The average molecular weight is 282 g/mol. The number of alkyl halides is 2. The molecule has 1 N–H and O–H groups in total. The van der Waals surface area contributed by atoms with Crippen molar-refractivity contribution in [2.45, 2.75) is 5.08 Å². The van der Waals surface area contributed by atoms with Gasteiger partial charge >= 0.3 is 0 Å². The highest BCUT2D eigenvalue weighted by atomic mass is 79.9. The fourth-order valence-electron chi connectivity index (χ4n) is 1.41. The Bertz CT molecular complexity index is 502. The third-order valence-corrected chi connectivity index (χ3v) is 2.64. The lowest BCUT2D eigenvalue weighted by Gasteiger charge is -2.06. The molecule has 16 heavy (non-hydrogen) atoms. The van der Waals surface area contributed by atoms with Crippen molar-refractivity contribution < 1.29 is 9.50 Å². The third kappa shape index (κ3) is 2.22. The van der Waals surface area contributed by atoms with Crippen molar-refractivity contribution in [3.8, 4) is 17.0 Å². The topological polar surface area (TPSA) is 33.1 Å². The molecule has 0 spiro atoms. The van der Waals surface area contributed by atoms with Gasteiger partial charge in [0, 0.05) is 5.56 Å². The highest BCUT2D eigenvalue weighted by Crippen LogP contribution is 2.29. The van der Waals surface area contributed by atoms with Crippen molar-refractivity contribution in [1.29, 1.82) is 0 Å². The Balaban J connectivity index is 2.49. The lowest BCUT2D eigenvalue weighted by Crippen LogP contribution is -1.91. The summed E-state index contributed by atoms with van der Waals surface area (Å²) in [4.78, 5) is 4.12. The molecule has 0 aliphatic carbocycles. The molecule has 82 valence electrons. The van der Waals surface area contributed by atoms with Gasteiger partial charge in [-0.1, -0.05) is 18.2 Å². The van der Waals surface area contributed by atoms with Gasteiger partial charge in [-0.15, -0.1) is 0 Å². The molecule has 1 aromatic carbocycles. The van der Waals surface area contributed by atoms with Crippen LogP contribution >= 0.6 is 15.9 Å². The fraction of sp³-hybridized carbons (Fsp3) is 0.0833. The van der Waals surface area contributed by atoms with Gasteiger partial charge in [-0.2, -0.15) is 0 Å². The van der Waals surface area contributed by atoms with Crippen LogP contribution in [-0.2, 0) is 0 Å². The SMILES string of the molecule is Oc1ccccc1-c1cccc(C(F)Br)n1. The second-order valence-corrected chi connectivity index (χ2v) is 4.07. The molecule has 4 heteroatoms. The van der Waals surface area contributed by atoms with Crippen LogP contribution in [-0.4, -0.2) is 10.1 Å². The van der Waals surface area contributed by atoms with E-state index in [0.717, 1.165) is 0 Å². The van der Waals surface area contributed by atoms with E-state index in [1.807, 2.05) is 0 Å². The summed E-state index contributed by atoms with van der Waals surface area (Å²) in [7, 11) is 0. The highest BCUT2D eigenvalue weighted by molar-refractivity contribution is 9.09. The molecule has 2 nitrogen and oxygen atoms in total. The Morgan fingerprint density at radius 1 is 1.12 bits per heavy atom. The van der Waals surface area contributed by atoms with Gasteiger partial charge in [0.25, 0.3) is 0 Å². The highest BCUT2D eigenvalue weighted by Gasteiger charge is 2.09. The van der Waals surface area contributed by atoms with Crippen LogP contribution in [0.25, 0.3) is 11.3 Å². The van der Waals surface area contributed by atoms with E-state index in [1.165, 1.54) is 0 Å². The lowest BCUT2D eigenvalue weighted by atomic mass is 10.1. The maximum absolute atomic E-state index is 13.0. The van der Waals surface area contributed by atoms with Crippen LogP contribution in [0.15, 0.2) is 42.5 Å². The van der Waals surface area contributed by atoms with Gasteiger partial charge in [-0.05, 0) is 40.2 Å². The quantitative estimate of drug-likeness (QED) is 0.849. The molecule has 2 rings (SSSR count). The number of hydrogen-bond donors (Lipinski definition) is 1. The van der Waals surface area contributed by atoms with Gasteiger partial charge in [0.1, 0.15) is 5.75 Å². The number of hydrogen-bond acceptors (Lipinski definition) is 2. The summed E-state index contributed by atoms with van der Waals surface area (Å²) in [6, 6.07) is 11.9. The first kappa shape index (κ1) is 11.1. The van der Waals surface area contributed by atoms with Gasteiger partial charge in [-0.25, -0.2) is 9.37 Å². The molecule has 0 radical (unpaired) electrons. The van der Waals surface area contributed by atoms with Crippen molar-refractivity contribution in [3.63, 3.8) is 0 Å². The Morgan fingerprint density at radius 3 is 2.56 bits per heavy atom. The van der Waals surface area contributed by atoms with E-state index in [-0.39, 0.29) is 5.75 Å². The molecule has 1 heterocycles. The van der Waals surface area contributed by atoms with Crippen molar-refractivity contribution in [1.82, 2.24) is 4.98 Å². The smallest absolute Gasteiger partial charge is 0.196 e. The number of phenols is 1. The van der Waals surface area contributed by atoms with E-state index in [4.69, 9.17) is 0 Å². The van der Waals surface area contributed by atoms with Gasteiger partial charge in [0.05, 0.1) is 11.4 Å². The average Bonchev–Trinajstić information content (AvgIpc) is 2.30. The minimum atomic E-state index is -1.29. The molecule has 1 atom stereocenters. The number of phenolic OH excluding ortho intramolecular Hbond substituents is 1. The van der Waals surface area contributed by atoms with E-state index in [0.29, 0.717) is 17.0 Å². The number of aromatic hydroxyl groups is 1. The van der Waals surface area contributed by atoms with Crippen molar-refractivity contribution >= 4 is 15.9 Å². The molecular weight excluding hydrogens is 273 g/mol. The normalized spacial score (nSPS) is 12.4. The van der Waals surface area contributed by atoms with Crippen LogP contribution < -0.4 is 0 Å². The fourth-order valence-corrected chi connectivity index (χ4v) is 1.67. The summed E-state index contributed by atoms with van der Waals surface area (Å²) in [5, 5.41) is 8.35. The summed E-state index contributed by atoms with van der Waals surface area (Å²) in [6.07, 6.45) is 0. The summed E-state index contributed by atoms with van der Waals surface area (Å²) in [5.74, 6) is 0.136. The molecule has 0 fully saturated rings. The molecule has 1 aromatic heterocycles. The van der Waals surface area contributed by atoms with E-state index in [2.05, 4.69) is 20.9 Å². The van der Waals surface area contributed by atoms with Crippen LogP contribution in [0, 0.1) is 0 Å². The summed E-state index contributed by atoms with van der Waals surface area (Å²) < 4.78 is 13.0. The number of halogens is 2. The Labute approximate surface area is 101 Å². The molecule has 2 aromatic rings. The second-order valence-electron chi connectivity index (χ2n) is 3.27. The number of nitrogens with zero attached hydrogens (tertiary/aromatic N) is 1. The Hall–Kier alpha value is -1.42. The Morgan fingerprint density at radius 2 is 1.88 bits per heavy atom. The summed E-state index contributed by atoms with van der Waals surface area (Å²) in [5.41, 5.74) is 1.44. The number of para-hydroxylation sites is 1. The zero-order valence-corrected chi connectivity index (χ0v) is 9.86. The molecule has 0 saturated heterocycles. The third-order valence-electron chi connectivity index (χ3n) is 2.17. The van der Waals surface area contributed by atoms with Crippen LogP contribution in [0.1, 0.15) is 10.8 Å². The van der Waals surface area contributed by atoms with Crippen LogP contribution in [0.2, 0.25) is 0 Å². The summed E-state index contributed by atoms with van der Waals surface area (Å²) in [6.45, 7) is 0. The number of pyridine rings is 1. The first-order valence-corrected chi connectivity index (χ1v) is 5.63. The molecule has 0 bridgehead atoms. The van der Waals surface area contributed by atoms with Crippen molar-refractivity contribution in [2.24, 2.45) is 0 Å². The van der Waals surface area contributed by atoms with E-state index >= 15 is 0 Å². The van der Waals surface area contributed by atoms with E-state index < -0.39 is 5.08 Å². The van der Waals surface area contributed by atoms with Gasteiger partial charge in [-0.3, -0.25) is 0 Å². The van der Waals surface area contributed by atoms with Crippen LogP contribution in [0.5, 0.6) is 5.75 Å². The van der Waals surface area contributed by atoms with E-state index in [1.54, 1.807) is 42.5 Å². The zero-order valence-electron chi connectivity index (χ0n) is 8.27. The minimum absolute atomic E-state index is 0.136. The Kier molecular flexibility index (Phi) is 3.19. The molecule has 0 aliphatic heterocycles. The van der Waals surface area contributed by atoms with Gasteiger partial charge in [0.2, 0.25) is 0 Å². The van der Waals surface area contributed by atoms with Crippen LogP contribution in [0.3, 0.4) is 0 Å². The standard InChI is InChI=1S/C12H9BrFNO/c13-12(14)10-6-3-5-9(15-10)8-4-1-2-7-11(8)16/h1-7,12,16H. The zero-order chi connectivity index (χ0) is 11.5. The lowest BCUT2D eigenvalue weighted by molar-refractivity contribution is 0.468. The molecule has 0 amide bonds. The molecule has 0 saturated carbocycles. The molecular formula is C12H9BrFNO. The maximum atomic E-state index is 13.0. The largest absolute Gasteiger partial charge is 0.507 e. The van der Waals surface area contributed by atoms with E-state index in [9.17, 15) is 9.50 Å².